The van der Waals surface area contributed by atoms with Crippen LogP contribution < -0.4 is 0 Å². The van der Waals surface area contributed by atoms with Gasteiger partial charge in [0.25, 0.3) is 0 Å². The number of ether oxygens (including phenoxy) is 3. The lowest BCUT2D eigenvalue weighted by atomic mass is 9.69. The molecule has 2 saturated carbocycles. The van der Waals surface area contributed by atoms with Crippen molar-refractivity contribution >= 4 is 23.7 Å². The van der Waals surface area contributed by atoms with Crippen molar-refractivity contribution < 1.29 is 38.5 Å². The van der Waals surface area contributed by atoms with Crippen LogP contribution in [0.15, 0.2) is 0 Å². The van der Waals surface area contributed by atoms with Crippen molar-refractivity contribution in [2.45, 2.75) is 63.4 Å². The van der Waals surface area contributed by atoms with Gasteiger partial charge in [0.2, 0.25) is 11.4 Å². The van der Waals surface area contributed by atoms with Gasteiger partial charge in [-0.2, -0.15) is 0 Å². The van der Waals surface area contributed by atoms with Crippen molar-refractivity contribution in [3.63, 3.8) is 0 Å². The van der Waals surface area contributed by atoms with Gasteiger partial charge in [-0.3, -0.25) is 14.4 Å². The molecule has 8 nitrogen and oxygen atoms in total. The van der Waals surface area contributed by atoms with Gasteiger partial charge in [-0.1, -0.05) is 20.8 Å². The Hall–Kier alpha value is -1.96. The molecule has 2 aliphatic heterocycles. The quantitative estimate of drug-likeness (QED) is 0.614. The van der Waals surface area contributed by atoms with E-state index < -0.39 is 64.4 Å². The summed E-state index contributed by atoms with van der Waals surface area (Å²) in [4.78, 5) is 50.3. The monoisotopic (exact) mass is 338 g/mol. The zero-order chi connectivity index (χ0) is 17.8. The summed E-state index contributed by atoms with van der Waals surface area (Å²) < 4.78 is 16.3. The minimum absolute atomic E-state index is 0.215. The number of fused-ring (bicyclic) bond motifs is 3. The second kappa shape index (κ2) is 3.82. The fourth-order valence-corrected chi connectivity index (χ4v) is 4.88. The van der Waals surface area contributed by atoms with Crippen molar-refractivity contribution in [1.29, 1.82) is 0 Å². The fourth-order valence-electron chi connectivity index (χ4n) is 4.88. The van der Waals surface area contributed by atoms with Gasteiger partial charge in [-0.25, -0.2) is 4.79 Å². The normalized spacial score (nSPS) is 48.8. The lowest BCUT2D eigenvalue weighted by molar-refractivity contribution is -0.293. The number of aliphatic hydroxyl groups is 1. The summed E-state index contributed by atoms with van der Waals surface area (Å²) in [6.45, 7) is 5.16. The highest BCUT2D eigenvalue weighted by Crippen LogP contribution is 2.72. The fraction of sp³-hybridized carbons (Fsp3) is 0.750. The highest BCUT2D eigenvalue weighted by Gasteiger charge is 2.89. The number of hydrogen-bond acceptors (Lipinski definition) is 8. The first-order chi connectivity index (χ1) is 10.9. The van der Waals surface area contributed by atoms with Gasteiger partial charge >= 0.3 is 23.7 Å². The highest BCUT2D eigenvalue weighted by atomic mass is 16.8. The van der Waals surface area contributed by atoms with Gasteiger partial charge in [0.1, 0.15) is 0 Å². The van der Waals surface area contributed by atoms with E-state index in [1.165, 1.54) is 0 Å². The summed E-state index contributed by atoms with van der Waals surface area (Å²) in [5, 5.41) is 10.4. The predicted octanol–water partition coefficient (Wildman–Crippen LogP) is -0.00140. The molecule has 130 valence electrons. The molecule has 24 heavy (non-hydrogen) atoms. The first kappa shape index (κ1) is 15.6. The summed E-state index contributed by atoms with van der Waals surface area (Å²) in [6.07, 6.45) is -0.858. The first-order valence-corrected chi connectivity index (χ1v) is 7.89. The standard InChI is InChI=1S/C16H18O8/c1-12(2)13(3)4-5-15(12)16(10(13)19)23-9(18)7-14(21,11(20)24-16)6-8(17)22-15/h21H,4-7H2,1-3H3. The third kappa shape index (κ3) is 1.29. The van der Waals surface area contributed by atoms with Crippen LogP contribution in [0.25, 0.3) is 0 Å². The first-order valence-electron chi connectivity index (χ1n) is 7.89. The third-order valence-electron chi connectivity index (χ3n) is 6.73. The number of carbonyl (C=O) groups excluding carboxylic acids is 4. The maximum Gasteiger partial charge on any atom is 0.358 e. The number of Topliss-reactive ketones (excluding diaryl/α,β-unsaturated/α-hetero) is 1. The Morgan fingerprint density at radius 3 is 2.08 bits per heavy atom. The molecule has 4 rings (SSSR count). The van der Waals surface area contributed by atoms with E-state index in [2.05, 4.69) is 0 Å². The zero-order valence-electron chi connectivity index (χ0n) is 13.6. The van der Waals surface area contributed by atoms with Gasteiger partial charge in [0.05, 0.1) is 12.8 Å². The summed E-state index contributed by atoms with van der Waals surface area (Å²) in [5.41, 5.74) is -5.90. The smallest absolute Gasteiger partial charge is 0.358 e. The number of rotatable bonds is 0. The average molecular weight is 338 g/mol. The lowest BCUT2D eigenvalue weighted by Crippen LogP contribution is -2.66. The molecule has 1 N–H and O–H groups in total. The van der Waals surface area contributed by atoms with Gasteiger partial charge in [0, 0.05) is 10.8 Å². The molecule has 0 aromatic rings. The van der Waals surface area contributed by atoms with Crippen LogP contribution >= 0.6 is 0 Å². The molecule has 8 heteroatoms. The lowest BCUT2D eigenvalue weighted by Gasteiger charge is -2.46. The maximum absolute atomic E-state index is 13.2. The molecular weight excluding hydrogens is 320 g/mol. The van der Waals surface area contributed by atoms with Crippen LogP contribution in [0, 0.1) is 10.8 Å². The van der Waals surface area contributed by atoms with Crippen LogP contribution in [0.5, 0.6) is 0 Å². The second-order valence-corrected chi connectivity index (χ2v) is 7.95. The molecule has 0 aromatic heterocycles. The van der Waals surface area contributed by atoms with Crippen LogP contribution in [-0.4, -0.2) is 45.8 Å². The summed E-state index contributed by atoms with van der Waals surface area (Å²) in [6, 6.07) is 0. The second-order valence-electron chi connectivity index (χ2n) is 7.95. The SMILES string of the molecule is CC12CCC3(OC(=O)CC4(O)CC(=O)OC3(OC4=O)C1=O)C2(C)C. The maximum atomic E-state index is 13.2. The third-order valence-corrected chi connectivity index (χ3v) is 6.73. The van der Waals surface area contributed by atoms with E-state index in [0.717, 1.165) is 0 Å². The Morgan fingerprint density at radius 1 is 0.875 bits per heavy atom. The molecule has 2 heterocycles. The van der Waals surface area contributed by atoms with E-state index >= 15 is 0 Å². The molecule has 2 spiro atoms. The molecule has 4 unspecified atom stereocenters. The Morgan fingerprint density at radius 2 is 1.46 bits per heavy atom. The molecule has 4 aliphatic rings. The number of ketones is 1. The average Bonchev–Trinajstić information content (AvgIpc) is 2.65. The van der Waals surface area contributed by atoms with Crippen molar-refractivity contribution in [1.82, 2.24) is 0 Å². The van der Waals surface area contributed by atoms with E-state index in [1.54, 1.807) is 20.8 Å². The molecule has 0 amide bonds. The van der Waals surface area contributed by atoms with Gasteiger partial charge in [0.15, 0.2) is 5.60 Å². The van der Waals surface area contributed by atoms with E-state index in [0.29, 0.717) is 6.42 Å². The molecule has 4 bridgehead atoms. The van der Waals surface area contributed by atoms with Crippen LogP contribution in [-0.2, 0) is 33.4 Å². The Kier molecular flexibility index (Phi) is 2.48. The van der Waals surface area contributed by atoms with Crippen molar-refractivity contribution in [2.75, 3.05) is 0 Å². The summed E-state index contributed by atoms with van der Waals surface area (Å²) in [5.74, 6) is -5.97. The van der Waals surface area contributed by atoms with Gasteiger partial charge < -0.3 is 19.3 Å². The summed E-state index contributed by atoms with van der Waals surface area (Å²) in [7, 11) is 0. The topological polar surface area (TPSA) is 116 Å². The van der Waals surface area contributed by atoms with Crippen LogP contribution in [0.2, 0.25) is 0 Å². The Bertz CT molecular complexity index is 726. The van der Waals surface area contributed by atoms with Crippen molar-refractivity contribution in [3.05, 3.63) is 0 Å². The van der Waals surface area contributed by atoms with Gasteiger partial charge in [-0.05, 0) is 12.8 Å². The van der Waals surface area contributed by atoms with E-state index in [-0.39, 0.29) is 6.42 Å². The van der Waals surface area contributed by atoms with Crippen LogP contribution in [0.4, 0.5) is 0 Å². The summed E-state index contributed by atoms with van der Waals surface area (Å²) >= 11 is 0. The van der Waals surface area contributed by atoms with Crippen molar-refractivity contribution in [2.24, 2.45) is 10.8 Å². The molecule has 2 aliphatic carbocycles. The molecule has 0 aromatic carbocycles. The van der Waals surface area contributed by atoms with E-state index in [1.807, 2.05) is 0 Å². The molecule has 2 saturated heterocycles. The van der Waals surface area contributed by atoms with E-state index in [4.69, 9.17) is 14.2 Å². The van der Waals surface area contributed by atoms with Crippen molar-refractivity contribution in [3.8, 4) is 0 Å². The molecule has 4 fully saturated rings. The Labute approximate surface area is 137 Å². The minimum Gasteiger partial charge on any atom is -0.449 e. The van der Waals surface area contributed by atoms with Crippen LogP contribution in [0.3, 0.4) is 0 Å². The number of hydrogen-bond donors (Lipinski definition) is 1. The van der Waals surface area contributed by atoms with Gasteiger partial charge in [-0.15, -0.1) is 0 Å². The molecular formula is C16H18O8. The molecule has 4 atom stereocenters. The predicted molar refractivity (Wildman–Crippen MR) is 74.1 cm³/mol. The largest absolute Gasteiger partial charge is 0.449 e. The van der Waals surface area contributed by atoms with Crippen LogP contribution in [0.1, 0.15) is 46.5 Å². The zero-order valence-corrected chi connectivity index (χ0v) is 13.6. The highest BCUT2D eigenvalue weighted by molar-refractivity contribution is 6.04. The Balaban J connectivity index is 2.04. The minimum atomic E-state index is -2.38. The molecule has 0 radical (unpaired) electrons. The van der Waals surface area contributed by atoms with E-state index in [9.17, 15) is 24.3 Å². The number of carbonyl (C=O) groups is 4. The number of esters is 3.